The molecule has 0 aliphatic carbocycles. The van der Waals surface area contributed by atoms with Crippen molar-refractivity contribution in [2.75, 3.05) is 32.5 Å². The fraction of sp³-hybridized carbons (Fsp3) is 0.379. The third-order valence-electron chi connectivity index (χ3n) is 6.22. The number of methoxy groups -OCH3 is 1. The highest BCUT2D eigenvalue weighted by Crippen LogP contribution is 2.23. The number of amides is 1. The minimum atomic E-state index is -0.313. The fourth-order valence-electron chi connectivity index (χ4n) is 4.26. The van der Waals surface area contributed by atoms with Crippen molar-refractivity contribution in [3.63, 3.8) is 0 Å². The monoisotopic (exact) mass is 552 g/mol. The number of ether oxygens (including phenoxy) is 1. The first-order valence-corrected chi connectivity index (χ1v) is 15.1. The molecule has 1 aliphatic heterocycles. The van der Waals surface area contributed by atoms with Gasteiger partial charge in [0.05, 0.1) is 7.11 Å². The van der Waals surface area contributed by atoms with Crippen LogP contribution in [0.1, 0.15) is 49.5 Å². The second-order valence-electron chi connectivity index (χ2n) is 9.19. The van der Waals surface area contributed by atoms with Crippen molar-refractivity contribution in [1.82, 2.24) is 10.0 Å². The van der Waals surface area contributed by atoms with Gasteiger partial charge in [-0.3, -0.25) is 9.80 Å². The standard InChI is InChI=1S/C29H32N2O3S3/c1-21(17-24-6-4-5-23(19-24)7-8-25-18-22(2)36-20-25)11-13-30-15-16-35-29(33)31(30)14-12-26-9-10-27(37-26)28(32)34-3/h4-6,9-10,18-21H,11-17H2,1-3H3. The van der Waals surface area contributed by atoms with Gasteiger partial charge in [-0.05, 0) is 61.6 Å². The molecule has 1 unspecified atom stereocenters. The predicted molar refractivity (Wildman–Crippen MR) is 154 cm³/mol. The van der Waals surface area contributed by atoms with Crippen LogP contribution in [0.15, 0.2) is 47.8 Å². The molecule has 3 aromatic rings. The lowest BCUT2D eigenvalue weighted by atomic mass is 9.97. The van der Waals surface area contributed by atoms with Gasteiger partial charge in [0.15, 0.2) is 0 Å². The number of carbonyl (C=O) groups is 2. The molecule has 0 spiro atoms. The maximum Gasteiger partial charge on any atom is 0.348 e. The zero-order valence-electron chi connectivity index (χ0n) is 21.5. The Morgan fingerprint density at radius 3 is 2.76 bits per heavy atom. The molecule has 37 heavy (non-hydrogen) atoms. The van der Waals surface area contributed by atoms with E-state index in [0.29, 0.717) is 17.3 Å². The summed E-state index contributed by atoms with van der Waals surface area (Å²) >= 11 is 4.54. The van der Waals surface area contributed by atoms with Crippen molar-refractivity contribution < 1.29 is 14.3 Å². The summed E-state index contributed by atoms with van der Waals surface area (Å²) in [5.74, 6) is 7.55. The van der Waals surface area contributed by atoms with Gasteiger partial charge in [0.25, 0.3) is 5.24 Å². The highest BCUT2D eigenvalue weighted by atomic mass is 32.2. The molecule has 1 aliphatic rings. The smallest absolute Gasteiger partial charge is 0.348 e. The molecule has 1 aromatic carbocycles. The lowest BCUT2D eigenvalue weighted by Gasteiger charge is -2.38. The number of nitrogens with zero attached hydrogens (tertiary/aromatic N) is 2. The highest BCUT2D eigenvalue weighted by Gasteiger charge is 2.27. The molecule has 1 amide bonds. The summed E-state index contributed by atoms with van der Waals surface area (Å²) in [4.78, 5) is 27.4. The van der Waals surface area contributed by atoms with Gasteiger partial charge in [-0.2, -0.15) is 0 Å². The molecule has 5 nitrogen and oxygen atoms in total. The Morgan fingerprint density at radius 2 is 1.97 bits per heavy atom. The van der Waals surface area contributed by atoms with Crippen LogP contribution in [0, 0.1) is 24.7 Å². The van der Waals surface area contributed by atoms with Crippen LogP contribution in [-0.4, -0.2) is 53.7 Å². The highest BCUT2D eigenvalue weighted by molar-refractivity contribution is 8.13. The van der Waals surface area contributed by atoms with Gasteiger partial charge in [0.1, 0.15) is 4.88 Å². The number of carbonyl (C=O) groups excluding carboxylic acids is 2. The van der Waals surface area contributed by atoms with E-state index in [2.05, 4.69) is 66.4 Å². The Balaban J connectivity index is 1.30. The zero-order valence-corrected chi connectivity index (χ0v) is 23.9. The van der Waals surface area contributed by atoms with Crippen molar-refractivity contribution in [2.45, 2.75) is 33.1 Å². The fourth-order valence-corrected chi connectivity index (χ4v) is 6.64. The Hall–Kier alpha value is -2.57. The largest absolute Gasteiger partial charge is 0.465 e. The number of hydrogen-bond acceptors (Lipinski definition) is 7. The second kappa shape index (κ2) is 13.3. The molecule has 0 N–H and O–H groups in total. The van der Waals surface area contributed by atoms with E-state index in [-0.39, 0.29) is 11.2 Å². The third-order valence-corrected chi connectivity index (χ3v) is 9.05. The van der Waals surface area contributed by atoms with Crippen LogP contribution in [0.25, 0.3) is 0 Å². The van der Waals surface area contributed by atoms with Crippen molar-refractivity contribution in [3.05, 3.63) is 79.2 Å². The molecule has 0 saturated carbocycles. The van der Waals surface area contributed by atoms with Crippen LogP contribution >= 0.6 is 34.4 Å². The summed E-state index contributed by atoms with van der Waals surface area (Å²) in [6, 6.07) is 14.4. The Kier molecular flexibility index (Phi) is 9.87. The van der Waals surface area contributed by atoms with E-state index in [0.717, 1.165) is 54.1 Å². The number of thiophene rings is 2. The number of rotatable bonds is 9. The molecule has 4 rings (SSSR count). The van der Waals surface area contributed by atoms with E-state index in [1.807, 2.05) is 11.1 Å². The van der Waals surface area contributed by atoms with E-state index >= 15 is 0 Å². The number of esters is 1. The summed E-state index contributed by atoms with van der Waals surface area (Å²) in [5.41, 5.74) is 3.41. The molecular weight excluding hydrogens is 521 g/mol. The second-order valence-corrected chi connectivity index (χ2v) is 12.5. The average molecular weight is 553 g/mol. The van der Waals surface area contributed by atoms with Gasteiger partial charge in [-0.25, -0.2) is 9.80 Å². The zero-order chi connectivity index (χ0) is 26.2. The SMILES string of the molecule is COC(=O)c1ccc(CCN2C(=O)SCCN2CCC(C)Cc2cccc(C#Cc3csc(C)c3)c2)s1. The van der Waals surface area contributed by atoms with Gasteiger partial charge in [-0.1, -0.05) is 42.7 Å². The first-order chi connectivity index (χ1) is 17.9. The summed E-state index contributed by atoms with van der Waals surface area (Å²) in [6.07, 6.45) is 2.71. The first-order valence-electron chi connectivity index (χ1n) is 12.4. The summed E-state index contributed by atoms with van der Waals surface area (Å²) in [6.45, 7) is 6.71. The molecule has 0 bridgehead atoms. The number of aryl methyl sites for hydroxylation is 1. The molecule has 0 radical (unpaired) electrons. The van der Waals surface area contributed by atoms with Crippen LogP contribution in [-0.2, 0) is 17.6 Å². The Bertz CT molecular complexity index is 1290. The van der Waals surface area contributed by atoms with Crippen molar-refractivity contribution >= 4 is 45.6 Å². The number of hydrazine groups is 1. The topological polar surface area (TPSA) is 49.9 Å². The van der Waals surface area contributed by atoms with Crippen molar-refractivity contribution in [3.8, 4) is 11.8 Å². The maximum atomic E-state index is 12.7. The molecule has 1 atom stereocenters. The number of thioether (sulfide) groups is 1. The normalized spacial score (nSPS) is 14.8. The van der Waals surface area contributed by atoms with E-state index in [1.165, 1.54) is 40.6 Å². The summed E-state index contributed by atoms with van der Waals surface area (Å²) < 4.78 is 4.80. The van der Waals surface area contributed by atoms with E-state index in [1.54, 1.807) is 17.4 Å². The molecule has 1 fully saturated rings. The third kappa shape index (κ3) is 7.96. The van der Waals surface area contributed by atoms with Crippen molar-refractivity contribution in [2.24, 2.45) is 5.92 Å². The quantitative estimate of drug-likeness (QED) is 0.224. The van der Waals surface area contributed by atoms with Crippen LogP contribution in [0.5, 0.6) is 0 Å². The Labute approximate surface area is 231 Å². The first kappa shape index (κ1) is 27.5. The van der Waals surface area contributed by atoms with Crippen molar-refractivity contribution in [1.29, 1.82) is 0 Å². The van der Waals surface area contributed by atoms with Gasteiger partial charge < -0.3 is 4.74 Å². The summed E-state index contributed by atoms with van der Waals surface area (Å²) in [5, 5.41) is 6.30. The maximum absolute atomic E-state index is 12.7. The minimum absolute atomic E-state index is 0.107. The van der Waals surface area contributed by atoms with E-state index in [4.69, 9.17) is 4.74 Å². The van der Waals surface area contributed by atoms with Crippen LogP contribution in [0.3, 0.4) is 0 Å². The van der Waals surface area contributed by atoms with Crippen LogP contribution < -0.4 is 0 Å². The molecule has 2 aromatic heterocycles. The van der Waals surface area contributed by atoms with Crippen LogP contribution in [0.2, 0.25) is 0 Å². The number of hydrogen-bond donors (Lipinski definition) is 0. The number of benzene rings is 1. The van der Waals surface area contributed by atoms with Gasteiger partial charge in [0.2, 0.25) is 0 Å². The lowest BCUT2D eigenvalue weighted by Crippen LogP contribution is -2.50. The molecular formula is C29H32N2O3S3. The van der Waals surface area contributed by atoms with E-state index in [9.17, 15) is 9.59 Å². The van der Waals surface area contributed by atoms with Gasteiger partial charge in [0, 0.05) is 58.1 Å². The lowest BCUT2D eigenvalue weighted by molar-refractivity contribution is 0.0241. The molecule has 8 heteroatoms. The average Bonchev–Trinajstić information content (AvgIpc) is 3.54. The Morgan fingerprint density at radius 1 is 1.14 bits per heavy atom. The molecule has 194 valence electrons. The molecule has 1 saturated heterocycles. The minimum Gasteiger partial charge on any atom is -0.465 e. The molecule has 3 heterocycles. The van der Waals surface area contributed by atoms with E-state index < -0.39 is 0 Å². The van der Waals surface area contributed by atoms with Gasteiger partial charge in [-0.15, -0.1) is 22.7 Å². The van der Waals surface area contributed by atoms with Gasteiger partial charge >= 0.3 is 5.97 Å². The summed E-state index contributed by atoms with van der Waals surface area (Å²) in [7, 11) is 1.39. The van der Waals surface area contributed by atoms with Crippen LogP contribution in [0.4, 0.5) is 4.79 Å². The predicted octanol–water partition coefficient (Wildman–Crippen LogP) is 6.50.